The Balaban J connectivity index is 1.60. The zero-order chi connectivity index (χ0) is 20.1. The molecule has 1 amide bonds. The summed E-state index contributed by atoms with van der Waals surface area (Å²) in [6, 6.07) is 7.63. The average molecular weight is 407 g/mol. The molecule has 28 heavy (non-hydrogen) atoms. The number of hydrogen-bond acceptors (Lipinski definition) is 6. The van der Waals surface area contributed by atoms with Crippen LogP contribution < -0.4 is 0 Å². The van der Waals surface area contributed by atoms with E-state index in [1.165, 1.54) is 11.8 Å². The average Bonchev–Trinajstić information content (AvgIpc) is 2.74. The van der Waals surface area contributed by atoms with E-state index >= 15 is 0 Å². The molecule has 2 aliphatic heterocycles. The molecule has 1 aromatic carbocycles. The van der Waals surface area contributed by atoms with Crippen LogP contribution in [-0.4, -0.2) is 84.9 Å². The van der Waals surface area contributed by atoms with Crippen molar-refractivity contribution in [2.24, 2.45) is 0 Å². The van der Waals surface area contributed by atoms with Crippen LogP contribution in [0.3, 0.4) is 0 Å². The van der Waals surface area contributed by atoms with Crippen LogP contribution in [0.15, 0.2) is 29.2 Å². The lowest BCUT2D eigenvalue weighted by atomic mass is 9.91. The number of carbonyl (C=O) groups is 2. The number of rotatable bonds is 6. The third kappa shape index (κ3) is 4.95. The fraction of sp³-hybridized carbons (Fsp3) is 0.619. The lowest BCUT2D eigenvalue weighted by Crippen LogP contribution is -2.54. The van der Waals surface area contributed by atoms with Crippen molar-refractivity contribution >= 4 is 23.5 Å². The second-order valence-electron chi connectivity index (χ2n) is 7.71. The minimum atomic E-state index is -0.558. The van der Waals surface area contributed by atoms with Crippen LogP contribution in [0.25, 0.3) is 0 Å². The molecular weight excluding hydrogens is 376 g/mol. The van der Waals surface area contributed by atoms with Crippen LogP contribution in [0.5, 0.6) is 0 Å². The number of nitrogens with zero attached hydrogens (tertiary/aromatic N) is 2. The summed E-state index contributed by atoms with van der Waals surface area (Å²) in [6.07, 6.45) is 0. The number of Topliss-reactive ketones (excluding diaryl/α,β-unsaturated/α-hetero) is 1. The minimum absolute atomic E-state index is 0.114. The lowest BCUT2D eigenvalue weighted by Gasteiger charge is -2.39. The van der Waals surface area contributed by atoms with Crippen LogP contribution in [0.2, 0.25) is 0 Å². The molecular formula is C21H30N2O4S. The summed E-state index contributed by atoms with van der Waals surface area (Å²) in [5.41, 5.74) is 0.144. The van der Waals surface area contributed by atoms with E-state index in [9.17, 15) is 9.59 Å². The van der Waals surface area contributed by atoms with E-state index in [1.807, 2.05) is 49.9 Å². The number of benzene rings is 1. The molecule has 0 bridgehead atoms. The Bertz CT molecular complexity index is 680. The predicted octanol–water partition coefficient (Wildman–Crippen LogP) is 2.32. The van der Waals surface area contributed by atoms with E-state index in [0.717, 1.165) is 18.0 Å². The quantitative estimate of drug-likeness (QED) is 0.534. The van der Waals surface area contributed by atoms with Crippen molar-refractivity contribution in [2.45, 2.75) is 36.5 Å². The van der Waals surface area contributed by atoms with Gasteiger partial charge in [0.2, 0.25) is 5.91 Å². The molecule has 0 aromatic heterocycles. The zero-order valence-corrected chi connectivity index (χ0v) is 17.8. The molecule has 154 valence electrons. The number of hydrogen-bond donors (Lipinski definition) is 0. The Labute approximate surface area is 171 Å². The third-order valence-electron chi connectivity index (χ3n) is 5.46. The molecule has 0 spiro atoms. The van der Waals surface area contributed by atoms with Crippen LogP contribution in [0.1, 0.15) is 31.1 Å². The van der Waals surface area contributed by atoms with Gasteiger partial charge >= 0.3 is 0 Å². The molecule has 2 saturated heterocycles. The highest BCUT2D eigenvalue weighted by molar-refractivity contribution is 8.00. The molecule has 3 rings (SSSR count). The van der Waals surface area contributed by atoms with E-state index in [2.05, 4.69) is 4.90 Å². The van der Waals surface area contributed by atoms with Gasteiger partial charge in [0.15, 0.2) is 5.78 Å². The highest BCUT2D eigenvalue weighted by atomic mass is 32.2. The number of ketones is 1. The smallest absolute Gasteiger partial charge is 0.235 e. The summed E-state index contributed by atoms with van der Waals surface area (Å²) >= 11 is 1.53. The predicted molar refractivity (Wildman–Crippen MR) is 110 cm³/mol. The van der Waals surface area contributed by atoms with Crippen LogP contribution >= 0.6 is 11.8 Å². The molecule has 1 atom stereocenters. The summed E-state index contributed by atoms with van der Waals surface area (Å²) < 4.78 is 10.7. The molecule has 2 fully saturated rings. The lowest BCUT2D eigenvalue weighted by molar-refractivity contribution is -0.134. The molecule has 2 heterocycles. The Morgan fingerprint density at radius 1 is 0.964 bits per heavy atom. The van der Waals surface area contributed by atoms with Crippen molar-refractivity contribution in [1.82, 2.24) is 9.80 Å². The molecule has 1 unspecified atom stereocenters. The van der Waals surface area contributed by atoms with Gasteiger partial charge in [0.1, 0.15) is 0 Å². The van der Waals surface area contributed by atoms with Crippen molar-refractivity contribution < 1.29 is 19.1 Å². The number of amides is 1. The van der Waals surface area contributed by atoms with Crippen LogP contribution in [0.4, 0.5) is 0 Å². The molecule has 1 aromatic rings. The molecule has 0 N–H and O–H groups in total. The number of morpholine rings is 2. The van der Waals surface area contributed by atoms with E-state index in [4.69, 9.17) is 9.47 Å². The van der Waals surface area contributed by atoms with Crippen molar-refractivity contribution in [3.05, 3.63) is 29.8 Å². The first-order chi connectivity index (χ1) is 13.4. The molecule has 2 aliphatic rings. The maximum absolute atomic E-state index is 13.1. The van der Waals surface area contributed by atoms with Gasteiger partial charge in [-0.15, -0.1) is 11.8 Å². The second kappa shape index (κ2) is 9.39. The number of thioether (sulfide) groups is 1. The van der Waals surface area contributed by atoms with E-state index < -0.39 is 5.54 Å². The van der Waals surface area contributed by atoms with Crippen molar-refractivity contribution in [1.29, 1.82) is 0 Å². The summed E-state index contributed by atoms with van der Waals surface area (Å²) in [6.45, 7) is 11.3. The highest BCUT2D eigenvalue weighted by Gasteiger charge is 2.35. The summed E-state index contributed by atoms with van der Waals surface area (Å²) in [4.78, 5) is 30.7. The fourth-order valence-corrected chi connectivity index (χ4v) is 4.55. The van der Waals surface area contributed by atoms with Gasteiger partial charge in [0.05, 0.1) is 37.2 Å². The normalized spacial score (nSPS) is 20.0. The van der Waals surface area contributed by atoms with Crippen molar-refractivity contribution in [2.75, 3.05) is 52.6 Å². The van der Waals surface area contributed by atoms with Gasteiger partial charge < -0.3 is 14.4 Å². The summed E-state index contributed by atoms with van der Waals surface area (Å²) in [5, 5.41) is -0.163. The van der Waals surface area contributed by atoms with Crippen LogP contribution in [0, 0.1) is 0 Å². The molecule has 6 nitrogen and oxygen atoms in total. The standard InChI is InChI=1S/C21H30N2O4S/c1-16(20(25)22-8-12-26-13-9-22)28-18-6-4-17(5-7-18)19(24)21(2,3)23-10-14-27-15-11-23/h4-7,16H,8-15H2,1-3H3. The summed E-state index contributed by atoms with van der Waals surface area (Å²) in [7, 11) is 0. The van der Waals surface area contributed by atoms with Gasteiger partial charge in [-0.3, -0.25) is 14.5 Å². The van der Waals surface area contributed by atoms with Crippen molar-refractivity contribution in [3.8, 4) is 0 Å². The maximum Gasteiger partial charge on any atom is 0.235 e. The zero-order valence-electron chi connectivity index (χ0n) is 17.0. The topological polar surface area (TPSA) is 59.1 Å². The molecule has 0 saturated carbocycles. The Morgan fingerprint density at radius 2 is 1.50 bits per heavy atom. The Hall–Kier alpha value is -1.41. The monoisotopic (exact) mass is 406 g/mol. The van der Waals surface area contributed by atoms with Gasteiger partial charge in [-0.2, -0.15) is 0 Å². The van der Waals surface area contributed by atoms with E-state index in [1.54, 1.807) is 0 Å². The van der Waals surface area contributed by atoms with Crippen molar-refractivity contribution in [3.63, 3.8) is 0 Å². The van der Waals surface area contributed by atoms with Gasteiger partial charge in [-0.1, -0.05) is 12.1 Å². The van der Waals surface area contributed by atoms with Gasteiger partial charge in [0, 0.05) is 36.6 Å². The van der Waals surface area contributed by atoms with Gasteiger partial charge in [0.25, 0.3) is 0 Å². The fourth-order valence-electron chi connectivity index (χ4n) is 3.60. The number of carbonyl (C=O) groups excluding carboxylic acids is 2. The largest absolute Gasteiger partial charge is 0.379 e. The first-order valence-corrected chi connectivity index (χ1v) is 10.8. The highest BCUT2D eigenvalue weighted by Crippen LogP contribution is 2.27. The molecule has 0 radical (unpaired) electrons. The van der Waals surface area contributed by atoms with E-state index in [-0.39, 0.29) is 16.9 Å². The third-order valence-corrected chi connectivity index (χ3v) is 6.56. The molecule has 7 heteroatoms. The summed E-state index contributed by atoms with van der Waals surface area (Å²) in [5.74, 6) is 0.255. The Morgan fingerprint density at radius 3 is 2.07 bits per heavy atom. The first kappa shape index (κ1) is 21.3. The van der Waals surface area contributed by atoms with Gasteiger partial charge in [-0.25, -0.2) is 0 Å². The number of ether oxygens (including phenoxy) is 2. The van der Waals surface area contributed by atoms with E-state index in [0.29, 0.717) is 45.1 Å². The minimum Gasteiger partial charge on any atom is -0.379 e. The van der Waals surface area contributed by atoms with Gasteiger partial charge in [-0.05, 0) is 32.9 Å². The molecule has 0 aliphatic carbocycles. The second-order valence-corrected chi connectivity index (χ2v) is 9.12. The SMILES string of the molecule is CC(Sc1ccc(C(=O)C(C)(C)N2CCOCC2)cc1)C(=O)N1CCOCC1. The van der Waals surface area contributed by atoms with Crippen LogP contribution in [-0.2, 0) is 14.3 Å². The maximum atomic E-state index is 13.1. The first-order valence-electron chi connectivity index (χ1n) is 9.90. The Kier molecular flexibility index (Phi) is 7.15.